The lowest BCUT2D eigenvalue weighted by Crippen LogP contribution is -2.38. The Hall–Kier alpha value is -3.31. The zero-order valence-electron chi connectivity index (χ0n) is 14.8. The van der Waals surface area contributed by atoms with Crippen molar-refractivity contribution in [2.75, 3.05) is 5.32 Å². The number of rotatable bonds is 4. The molecule has 0 bridgehead atoms. The van der Waals surface area contributed by atoms with Gasteiger partial charge in [-0.05, 0) is 36.2 Å². The average Bonchev–Trinajstić information content (AvgIpc) is 2.71. The quantitative estimate of drug-likeness (QED) is 0.664. The van der Waals surface area contributed by atoms with Crippen molar-refractivity contribution in [1.82, 2.24) is 0 Å². The summed E-state index contributed by atoms with van der Waals surface area (Å²) >= 11 is 0. The van der Waals surface area contributed by atoms with Gasteiger partial charge in [-0.25, -0.2) is 0 Å². The highest BCUT2D eigenvalue weighted by molar-refractivity contribution is 6.01. The Labute approximate surface area is 154 Å². The number of hydrogen-bond acceptors (Lipinski definition) is 1. The summed E-state index contributed by atoms with van der Waals surface area (Å²) in [5.41, 5.74) is 1.66. The van der Waals surface area contributed by atoms with Crippen LogP contribution in [0, 0.1) is 11.8 Å². The summed E-state index contributed by atoms with van der Waals surface area (Å²) < 4.78 is 0. The van der Waals surface area contributed by atoms with Crippen LogP contribution in [0.2, 0.25) is 0 Å². The number of benzene rings is 3. The van der Waals surface area contributed by atoms with E-state index in [0.29, 0.717) is 6.42 Å². The lowest BCUT2D eigenvalue weighted by Gasteiger charge is -2.26. The van der Waals surface area contributed by atoms with Crippen LogP contribution in [0.3, 0.4) is 0 Å². The monoisotopic (exact) mass is 339 g/mol. The van der Waals surface area contributed by atoms with Gasteiger partial charge in [0.25, 0.3) is 0 Å². The number of hydrogen-bond donors (Lipinski definition) is 1. The first kappa shape index (κ1) is 17.5. The van der Waals surface area contributed by atoms with E-state index in [1.165, 1.54) is 0 Å². The summed E-state index contributed by atoms with van der Waals surface area (Å²) in [5.74, 6) is 6.35. The topological polar surface area (TPSA) is 29.1 Å². The largest absolute Gasteiger partial charge is 0.324 e. The van der Waals surface area contributed by atoms with Crippen LogP contribution in [0.4, 0.5) is 5.69 Å². The maximum Gasteiger partial charge on any atom is 0.247 e. The molecular formula is C24H21NO. The molecule has 0 fully saturated rings. The molecule has 0 aromatic heterocycles. The average molecular weight is 339 g/mol. The summed E-state index contributed by atoms with van der Waals surface area (Å²) in [5, 5.41) is 3.03. The maximum atomic E-state index is 13.3. The van der Waals surface area contributed by atoms with Gasteiger partial charge in [0.05, 0.1) is 0 Å². The van der Waals surface area contributed by atoms with Gasteiger partial charge in [-0.1, -0.05) is 85.5 Å². The molecule has 3 rings (SSSR count). The van der Waals surface area contributed by atoms with Crippen molar-refractivity contribution in [3.63, 3.8) is 0 Å². The van der Waals surface area contributed by atoms with Gasteiger partial charge in [0.2, 0.25) is 5.91 Å². The van der Waals surface area contributed by atoms with Crippen molar-refractivity contribution in [1.29, 1.82) is 0 Å². The number of nitrogens with one attached hydrogen (secondary N) is 1. The Morgan fingerprint density at radius 2 is 1.38 bits per heavy atom. The van der Waals surface area contributed by atoms with Crippen molar-refractivity contribution >= 4 is 11.6 Å². The van der Waals surface area contributed by atoms with Crippen molar-refractivity contribution < 1.29 is 4.79 Å². The lowest BCUT2D eigenvalue weighted by molar-refractivity contribution is -0.119. The highest BCUT2D eigenvalue weighted by Gasteiger charge is 2.37. The minimum atomic E-state index is -0.910. The number of carbonyl (C=O) groups is 1. The zero-order valence-corrected chi connectivity index (χ0v) is 14.8. The summed E-state index contributed by atoms with van der Waals surface area (Å²) in [7, 11) is 0. The fourth-order valence-corrected chi connectivity index (χ4v) is 2.90. The van der Waals surface area contributed by atoms with Gasteiger partial charge in [0.1, 0.15) is 5.41 Å². The van der Waals surface area contributed by atoms with E-state index in [9.17, 15) is 4.79 Å². The molecule has 0 unspecified atom stereocenters. The molecule has 0 heterocycles. The molecule has 0 aliphatic rings. The Kier molecular flexibility index (Phi) is 5.51. The van der Waals surface area contributed by atoms with Crippen LogP contribution in [0.1, 0.15) is 24.5 Å². The minimum absolute atomic E-state index is 0.110. The van der Waals surface area contributed by atoms with Crippen molar-refractivity contribution in [3.8, 4) is 11.8 Å². The molecule has 0 aliphatic carbocycles. The van der Waals surface area contributed by atoms with E-state index in [4.69, 9.17) is 0 Å². The molecule has 0 spiro atoms. The predicted molar refractivity (Wildman–Crippen MR) is 107 cm³/mol. The van der Waals surface area contributed by atoms with Crippen molar-refractivity contribution in [2.45, 2.75) is 18.8 Å². The minimum Gasteiger partial charge on any atom is -0.324 e. The zero-order chi connectivity index (χ0) is 18.2. The van der Waals surface area contributed by atoms with E-state index in [2.05, 4.69) is 17.2 Å². The first-order valence-electron chi connectivity index (χ1n) is 8.75. The van der Waals surface area contributed by atoms with E-state index in [1.807, 2.05) is 97.9 Å². The Morgan fingerprint density at radius 1 is 0.846 bits per heavy atom. The van der Waals surface area contributed by atoms with Gasteiger partial charge >= 0.3 is 0 Å². The first-order valence-corrected chi connectivity index (χ1v) is 8.75. The third-order valence-corrected chi connectivity index (χ3v) is 4.41. The number of anilines is 1. The second-order valence-corrected chi connectivity index (χ2v) is 6.06. The van der Waals surface area contributed by atoms with Crippen LogP contribution >= 0.6 is 0 Å². The highest BCUT2D eigenvalue weighted by atomic mass is 16.2. The summed E-state index contributed by atoms with van der Waals surface area (Å²) in [6.45, 7) is 2.00. The third kappa shape index (κ3) is 3.84. The lowest BCUT2D eigenvalue weighted by atomic mass is 9.77. The Morgan fingerprint density at radius 3 is 1.96 bits per heavy atom. The Bertz CT molecular complexity index is 908. The predicted octanol–water partition coefficient (Wildman–Crippen LogP) is 5.02. The number of amides is 1. The maximum absolute atomic E-state index is 13.3. The summed E-state index contributed by atoms with van der Waals surface area (Å²) in [4.78, 5) is 13.3. The van der Waals surface area contributed by atoms with E-state index in [-0.39, 0.29) is 5.91 Å². The molecule has 0 aliphatic heterocycles. The molecule has 2 nitrogen and oxygen atoms in total. The van der Waals surface area contributed by atoms with Crippen molar-refractivity contribution in [2.24, 2.45) is 0 Å². The van der Waals surface area contributed by atoms with Gasteiger partial charge in [-0.2, -0.15) is 0 Å². The molecule has 3 aromatic rings. The van der Waals surface area contributed by atoms with E-state index in [0.717, 1.165) is 16.8 Å². The molecule has 0 saturated carbocycles. The Balaban J connectivity index is 2.03. The second-order valence-electron chi connectivity index (χ2n) is 6.06. The van der Waals surface area contributed by atoms with Crippen LogP contribution in [0.15, 0.2) is 91.0 Å². The molecule has 0 radical (unpaired) electrons. The van der Waals surface area contributed by atoms with E-state index < -0.39 is 5.41 Å². The number of para-hydroxylation sites is 1. The SMILES string of the molecule is CC[C@](C#Cc1ccccc1)(C(=O)Nc1ccccc1)c1ccccc1. The highest BCUT2D eigenvalue weighted by Crippen LogP contribution is 2.29. The van der Waals surface area contributed by atoms with Crippen molar-refractivity contribution in [3.05, 3.63) is 102 Å². The molecule has 1 N–H and O–H groups in total. The second kappa shape index (κ2) is 8.18. The van der Waals surface area contributed by atoms with Gasteiger partial charge in [0.15, 0.2) is 0 Å². The van der Waals surface area contributed by atoms with Crippen LogP contribution in [-0.2, 0) is 10.2 Å². The van der Waals surface area contributed by atoms with Gasteiger partial charge in [0, 0.05) is 11.3 Å². The standard InChI is InChI=1S/C24H21NO/c1-2-24(21-14-8-4-9-15-21,19-18-20-12-6-3-7-13-20)23(26)25-22-16-10-5-11-17-22/h3-17H,2H2,1H3,(H,25,26)/t24-/m1/s1. The smallest absolute Gasteiger partial charge is 0.247 e. The molecule has 1 amide bonds. The van der Waals surface area contributed by atoms with Crippen LogP contribution in [0.25, 0.3) is 0 Å². The fourth-order valence-electron chi connectivity index (χ4n) is 2.90. The van der Waals surface area contributed by atoms with Gasteiger partial charge < -0.3 is 5.32 Å². The molecular weight excluding hydrogens is 318 g/mol. The van der Waals surface area contributed by atoms with E-state index in [1.54, 1.807) is 0 Å². The summed E-state index contributed by atoms with van der Waals surface area (Å²) in [6, 6.07) is 29.0. The first-order chi connectivity index (χ1) is 12.7. The molecule has 3 aromatic carbocycles. The third-order valence-electron chi connectivity index (χ3n) is 4.41. The normalized spacial score (nSPS) is 12.3. The van der Waals surface area contributed by atoms with Crippen LogP contribution in [0.5, 0.6) is 0 Å². The van der Waals surface area contributed by atoms with Crippen LogP contribution < -0.4 is 5.32 Å². The van der Waals surface area contributed by atoms with Gasteiger partial charge in [-0.3, -0.25) is 4.79 Å². The molecule has 26 heavy (non-hydrogen) atoms. The molecule has 128 valence electrons. The summed E-state index contributed by atoms with van der Waals surface area (Å²) in [6.07, 6.45) is 0.579. The van der Waals surface area contributed by atoms with Crippen LogP contribution in [-0.4, -0.2) is 5.91 Å². The molecule has 1 atom stereocenters. The van der Waals surface area contributed by atoms with Gasteiger partial charge in [-0.15, -0.1) is 0 Å². The fraction of sp³-hybridized carbons (Fsp3) is 0.125. The molecule has 2 heteroatoms. The molecule has 0 saturated heterocycles. The number of carbonyl (C=O) groups excluding carboxylic acids is 1. The van der Waals surface area contributed by atoms with E-state index >= 15 is 0 Å².